The highest BCUT2D eigenvalue weighted by Gasteiger charge is 2.26. The smallest absolute Gasteiger partial charge is 0.163 e. The number of rotatable bonds is 2. The first-order valence-corrected chi connectivity index (χ1v) is 14.1. The summed E-state index contributed by atoms with van der Waals surface area (Å²) < 4.78 is 0. The molecule has 0 aliphatic heterocycles. The summed E-state index contributed by atoms with van der Waals surface area (Å²) in [5.41, 5.74) is 7.14. The van der Waals surface area contributed by atoms with Gasteiger partial charge in [0.25, 0.3) is 0 Å². The molecule has 0 aliphatic carbocycles. The van der Waals surface area contributed by atoms with Crippen molar-refractivity contribution in [3.8, 4) is 22.8 Å². The maximum Gasteiger partial charge on any atom is 0.163 e. The van der Waals surface area contributed by atoms with Gasteiger partial charge in [0.05, 0.1) is 0 Å². The molecule has 1 aromatic heterocycles. The second-order valence-electron chi connectivity index (χ2n) is 16.2. The Balaban J connectivity index is 2.39. The van der Waals surface area contributed by atoms with Crippen molar-refractivity contribution in [2.75, 3.05) is 0 Å². The Morgan fingerprint density at radius 3 is 0.816 bits per heavy atom. The van der Waals surface area contributed by atoms with E-state index in [0.29, 0.717) is 0 Å². The topological polar surface area (TPSA) is 38.7 Å². The molecule has 0 saturated heterocycles. The first kappa shape index (κ1) is 30.0. The minimum Gasteiger partial charge on any atom is -0.212 e. The lowest BCUT2D eigenvalue weighted by Gasteiger charge is -2.27. The molecule has 38 heavy (non-hydrogen) atoms. The zero-order chi connectivity index (χ0) is 29.1. The van der Waals surface area contributed by atoms with Gasteiger partial charge in [-0.05, 0) is 68.2 Å². The van der Waals surface area contributed by atoms with Crippen molar-refractivity contribution in [1.29, 1.82) is 0 Å². The molecule has 2 aromatic carbocycles. The van der Waals surface area contributed by atoms with Crippen LogP contribution in [0.2, 0.25) is 0 Å². The summed E-state index contributed by atoms with van der Waals surface area (Å²) in [5, 5.41) is 0. The molecule has 0 atom stereocenters. The van der Waals surface area contributed by atoms with Gasteiger partial charge in [0.15, 0.2) is 11.6 Å². The van der Waals surface area contributed by atoms with E-state index in [-0.39, 0.29) is 27.1 Å². The normalized spacial score (nSPS) is 13.7. The quantitative estimate of drug-likeness (QED) is 0.342. The van der Waals surface area contributed by atoms with E-state index in [1.165, 1.54) is 22.3 Å². The van der Waals surface area contributed by atoms with Gasteiger partial charge in [0.1, 0.15) is 5.82 Å². The Morgan fingerprint density at radius 2 is 0.605 bits per heavy atom. The fourth-order valence-electron chi connectivity index (χ4n) is 4.21. The first-order chi connectivity index (χ1) is 17.0. The number of aromatic nitrogens is 3. The molecule has 3 rings (SSSR count). The van der Waals surface area contributed by atoms with Crippen LogP contribution in [0, 0.1) is 0 Å². The van der Waals surface area contributed by atoms with Gasteiger partial charge in [-0.15, -0.1) is 0 Å². The van der Waals surface area contributed by atoms with Crippen LogP contribution >= 0.6 is 0 Å². The van der Waals surface area contributed by atoms with Crippen LogP contribution in [-0.2, 0) is 27.1 Å². The van der Waals surface area contributed by atoms with E-state index in [4.69, 9.17) is 15.0 Å². The van der Waals surface area contributed by atoms with Crippen LogP contribution in [0.5, 0.6) is 0 Å². The lowest BCUT2D eigenvalue weighted by atomic mass is 9.79. The maximum absolute atomic E-state index is 5.16. The monoisotopic (exact) mass is 513 g/mol. The third-order valence-corrected chi connectivity index (χ3v) is 7.15. The van der Waals surface area contributed by atoms with Gasteiger partial charge in [0, 0.05) is 16.5 Å². The Labute approximate surface area is 233 Å². The highest BCUT2D eigenvalue weighted by atomic mass is 15.0. The second-order valence-corrected chi connectivity index (χ2v) is 16.2. The molecule has 0 saturated carbocycles. The average Bonchev–Trinajstić information content (AvgIpc) is 2.75. The fraction of sp³-hybridized carbons (Fsp3) is 0.571. The predicted octanol–water partition coefficient (Wildman–Crippen LogP) is 9.69. The first-order valence-electron chi connectivity index (χ1n) is 14.1. The van der Waals surface area contributed by atoms with E-state index in [2.05, 4.69) is 140 Å². The van der Waals surface area contributed by atoms with Gasteiger partial charge in [-0.1, -0.05) is 116 Å². The third kappa shape index (κ3) is 6.90. The maximum atomic E-state index is 5.16. The van der Waals surface area contributed by atoms with Crippen LogP contribution in [0.25, 0.3) is 22.8 Å². The van der Waals surface area contributed by atoms with Crippen molar-refractivity contribution in [1.82, 2.24) is 15.0 Å². The molecular formula is C35H51N3. The zero-order valence-electron chi connectivity index (χ0n) is 26.8. The fourth-order valence-corrected chi connectivity index (χ4v) is 4.21. The highest BCUT2D eigenvalue weighted by molar-refractivity contribution is 5.65. The van der Waals surface area contributed by atoms with E-state index in [9.17, 15) is 0 Å². The molecule has 206 valence electrons. The molecule has 0 aliphatic rings. The van der Waals surface area contributed by atoms with Crippen molar-refractivity contribution in [2.45, 2.75) is 131 Å². The molecule has 0 amide bonds. The second kappa shape index (κ2) is 9.57. The minimum atomic E-state index is -0.213. The molecule has 0 bridgehead atoms. The summed E-state index contributed by atoms with van der Waals surface area (Å²) in [6.45, 7) is 33.7. The van der Waals surface area contributed by atoms with E-state index >= 15 is 0 Å². The number of hydrogen-bond acceptors (Lipinski definition) is 3. The Morgan fingerprint density at radius 1 is 0.342 bits per heavy atom. The van der Waals surface area contributed by atoms with E-state index in [1.54, 1.807) is 0 Å². The average molecular weight is 514 g/mol. The number of nitrogens with zero attached hydrogens (tertiary/aromatic N) is 3. The van der Waals surface area contributed by atoms with Crippen molar-refractivity contribution in [3.05, 3.63) is 64.5 Å². The Hall–Kier alpha value is -2.55. The SMILES string of the molecule is CC(C)(C)c1cc(-c2nc(-c3cc(C(C)(C)C)cc(C(C)(C)C)c3)nc(C(C)(C)C)n2)cc(C(C)(C)C)c1. The number of benzene rings is 2. The van der Waals surface area contributed by atoms with Crippen LogP contribution in [0.1, 0.15) is 132 Å². The molecule has 3 heteroatoms. The third-order valence-electron chi connectivity index (χ3n) is 7.15. The van der Waals surface area contributed by atoms with Gasteiger partial charge < -0.3 is 0 Å². The van der Waals surface area contributed by atoms with E-state index < -0.39 is 0 Å². The summed E-state index contributed by atoms with van der Waals surface area (Å²) in [6.07, 6.45) is 0. The molecule has 1 heterocycles. The molecule has 0 unspecified atom stereocenters. The van der Waals surface area contributed by atoms with Gasteiger partial charge in [-0.25, -0.2) is 15.0 Å². The van der Waals surface area contributed by atoms with Crippen molar-refractivity contribution < 1.29 is 0 Å². The van der Waals surface area contributed by atoms with E-state index in [0.717, 1.165) is 28.6 Å². The van der Waals surface area contributed by atoms with Gasteiger partial charge >= 0.3 is 0 Å². The highest BCUT2D eigenvalue weighted by Crippen LogP contribution is 2.36. The standard InChI is InChI=1S/C35H51N3/c1-31(2,3)24-16-22(17-25(20-24)32(4,5)6)28-36-29(38-30(37-28)35(13,14)15)23-18-26(33(7,8)9)21-27(19-23)34(10,11)12/h16-21H,1-15H3. The Kier molecular flexibility index (Phi) is 7.56. The van der Waals surface area contributed by atoms with Gasteiger partial charge in [-0.2, -0.15) is 0 Å². The largest absolute Gasteiger partial charge is 0.212 e. The zero-order valence-corrected chi connectivity index (χ0v) is 26.8. The van der Waals surface area contributed by atoms with Gasteiger partial charge in [0.2, 0.25) is 0 Å². The molecule has 0 fully saturated rings. The Bertz CT molecular complexity index is 1150. The molecule has 0 N–H and O–H groups in total. The van der Waals surface area contributed by atoms with Gasteiger partial charge in [-0.3, -0.25) is 0 Å². The summed E-state index contributed by atoms with van der Waals surface area (Å²) >= 11 is 0. The summed E-state index contributed by atoms with van der Waals surface area (Å²) in [5.74, 6) is 2.31. The van der Waals surface area contributed by atoms with Crippen LogP contribution in [-0.4, -0.2) is 15.0 Å². The molecule has 3 nitrogen and oxygen atoms in total. The summed E-state index contributed by atoms with van der Waals surface area (Å²) in [6, 6.07) is 13.8. The number of hydrogen-bond donors (Lipinski definition) is 0. The molecule has 0 radical (unpaired) electrons. The molecular weight excluding hydrogens is 462 g/mol. The minimum absolute atomic E-state index is 0.0153. The van der Waals surface area contributed by atoms with Crippen molar-refractivity contribution in [3.63, 3.8) is 0 Å². The van der Waals surface area contributed by atoms with Crippen LogP contribution in [0.3, 0.4) is 0 Å². The van der Waals surface area contributed by atoms with Crippen molar-refractivity contribution >= 4 is 0 Å². The molecule has 0 spiro atoms. The lowest BCUT2D eigenvalue weighted by Crippen LogP contribution is -2.20. The van der Waals surface area contributed by atoms with Crippen LogP contribution < -0.4 is 0 Å². The molecule has 3 aromatic rings. The lowest BCUT2D eigenvalue weighted by molar-refractivity contribution is 0.543. The summed E-state index contributed by atoms with van der Waals surface area (Å²) in [4.78, 5) is 15.3. The predicted molar refractivity (Wildman–Crippen MR) is 164 cm³/mol. The van der Waals surface area contributed by atoms with Crippen LogP contribution in [0.4, 0.5) is 0 Å². The van der Waals surface area contributed by atoms with Crippen molar-refractivity contribution in [2.24, 2.45) is 0 Å². The van der Waals surface area contributed by atoms with E-state index in [1.807, 2.05) is 0 Å². The van der Waals surface area contributed by atoms with Crippen LogP contribution in [0.15, 0.2) is 36.4 Å². The summed E-state index contributed by atoms with van der Waals surface area (Å²) in [7, 11) is 0.